The topological polar surface area (TPSA) is 80.2 Å². The Hall–Kier alpha value is -3.00. The quantitative estimate of drug-likeness (QED) is 0.636. The van der Waals surface area contributed by atoms with E-state index < -0.39 is 0 Å². The lowest BCUT2D eigenvalue weighted by atomic mass is 10.1. The van der Waals surface area contributed by atoms with E-state index in [1.807, 2.05) is 47.4 Å². The number of pyridine rings is 1. The van der Waals surface area contributed by atoms with Gasteiger partial charge in [0.15, 0.2) is 0 Å². The number of aromatic nitrogens is 3. The van der Waals surface area contributed by atoms with Crippen LogP contribution in [0.25, 0.3) is 0 Å². The first-order chi connectivity index (χ1) is 14.2. The molecular weight excluding hydrogens is 386 g/mol. The lowest BCUT2D eigenvalue weighted by Gasteiger charge is -2.25. The second-order valence-corrected chi connectivity index (χ2v) is 7.74. The van der Waals surface area contributed by atoms with Crippen LogP contribution in [0.2, 0.25) is 0 Å². The molecule has 1 aromatic carbocycles. The zero-order chi connectivity index (χ0) is 20.1. The minimum Gasteiger partial charge on any atom is -0.497 e. The number of benzene rings is 1. The first kappa shape index (κ1) is 19.3. The zero-order valence-corrected chi connectivity index (χ0v) is 17.1. The fraction of sp³-hybridized carbons (Fsp3) is 0.333. The number of hydrogen-bond acceptors (Lipinski definition) is 7. The van der Waals surface area contributed by atoms with Crippen molar-refractivity contribution < 1.29 is 9.53 Å². The number of nitrogens with zero attached hydrogens (tertiary/aromatic N) is 4. The van der Waals surface area contributed by atoms with Gasteiger partial charge in [-0.15, -0.1) is 10.2 Å². The summed E-state index contributed by atoms with van der Waals surface area (Å²) in [6, 6.07) is 13.8. The maximum Gasteiger partial charge on any atom is 0.223 e. The lowest BCUT2D eigenvalue weighted by Crippen LogP contribution is -2.31. The summed E-state index contributed by atoms with van der Waals surface area (Å²) in [5, 5.41) is 11.7. The maximum absolute atomic E-state index is 12.9. The number of carbonyl (C=O) groups is 1. The molecule has 4 rings (SSSR count). The number of likely N-dealkylation sites (tertiary alicyclic amines) is 1. The van der Waals surface area contributed by atoms with Crippen LogP contribution >= 0.6 is 11.3 Å². The van der Waals surface area contributed by atoms with Gasteiger partial charge in [0.25, 0.3) is 0 Å². The van der Waals surface area contributed by atoms with E-state index in [1.54, 1.807) is 12.6 Å². The molecule has 1 aliphatic rings. The van der Waals surface area contributed by atoms with Gasteiger partial charge in [0, 0.05) is 13.0 Å². The minimum atomic E-state index is 0.0227. The van der Waals surface area contributed by atoms with Gasteiger partial charge in [-0.25, -0.2) is 4.98 Å². The molecule has 1 saturated heterocycles. The predicted octanol–water partition coefficient (Wildman–Crippen LogP) is 3.98. The normalized spacial score (nSPS) is 16.0. The van der Waals surface area contributed by atoms with Crippen LogP contribution in [0.15, 0.2) is 48.0 Å². The Labute approximate surface area is 173 Å². The molecule has 1 N–H and O–H groups in total. The predicted molar refractivity (Wildman–Crippen MR) is 112 cm³/mol. The van der Waals surface area contributed by atoms with Crippen LogP contribution in [0.1, 0.15) is 36.6 Å². The van der Waals surface area contributed by atoms with Crippen molar-refractivity contribution in [1.29, 1.82) is 0 Å². The van der Waals surface area contributed by atoms with Crippen molar-refractivity contribution in [3.63, 3.8) is 0 Å². The van der Waals surface area contributed by atoms with E-state index in [1.165, 1.54) is 11.3 Å². The van der Waals surface area contributed by atoms with Gasteiger partial charge in [-0.3, -0.25) is 4.79 Å². The third-order valence-corrected chi connectivity index (χ3v) is 5.67. The molecule has 2 aromatic heterocycles. The maximum atomic E-state index is 12.9. The Morgan fingerprint density at radius 3 is 2.90 bits per heavy atom. The third-order valence-electron chi connectivity index (χ3n) is 5.07. The minimum absolute atomic E-state index is 0.0227. The van der Waals surface area contributed by atoms with E-state index in [9.17, 15) is 4.79 Å². The van der Waals surface area contributed by atoms with Crippen molar-refractivity contribution in [2.75, 3.05) is 19.0 Å². The molecule has 0 spiro atoms. The summed E-state index contributed by atoms with van der Waals surface area (Å²) in [6.07, 6.45) is 3.14. The second-order valence-electron chi connectivity index (χ2n) is 6.91. The lowest BCUT2D eigenvalue weighted by molar-refractivity contribution is -0.132. The Bertz CT molecular complexity index is 946. The van der Waals surface area contributed by atoms with Crippen LogP contribution in [0.5, 0.6) is 5.75 Å². The van der Waals surface area contributed by atoms with Gasteiger partial charge >= 0.3 is 0 Å². The van der Waals surface area contributed by atoms with Gasteiger partial charge in [-0.05, 0) is 49.1 Å². The highest BCUT2D eigenvalue weighted by Gasteiger charge is 2.30. The Morgan fingerprint density at radius 1 is 1.28 bits per heavy atom. The van der Waals surface area contributed by atoms with Crippen LogP contribution in [0, 0.1) is 0 Å². The fourth-order valence-corrected chi connectivity index (χ4v) is 4.06. The highest BCUT2D eigenvalue weighted by Crippen LogP contribution is 2.32. The summed E-state index contributed by atoms with van der Waals surface area (Å²) in [5.74, 6) is 1.72. The van der Waals surface area contributed by atoms with Crippen LogP contribution in [0.4, 0.5) is 10.9 Å². The number of carbonyl (C=O) groups excluding carboxylic acids is 1. The highest BCUT2D eigenvalue weighted by molar-refractivity contribution is 7.13. The van der Waals surface area contributed by atoms with Crippen molar-refractivity contribution in [2.24, 2.45) is 0 Å². The molecular formula is C21H23N5O2S. The molecule has 1 amide bonds. The summed E-state index contributed by atoms with van der Waals surface area (Å²) in [7, 11) is 1.65. The summed E-state index contributed by atoms with van der Waals surface area (Å²) < 4.78 is 5.19. The molecule has 0 aliphatic carbocycles. The molecule has 8 heteroatoms. The van der Waals surface area contributed by atoms with Crippen LogP contribution in [-0.4, -0.2) is 39.6 Å². The monoisotopic (exact) mass is 409 g/mol. The second kappa shape index (κ2) is 9.00. The molecule has 150 valence electrons. The van der Waals surface area contributed by atoms with E-state index in [0.29, 0.717) is 11.6 Å². The van der Waals surface area contributed by atoms with Crippen molar-refractivity contribution in [3.8, 4) is 5.75 Å². The SMILES string of the molecule is COc1ccc(CCC(=O)N2CCC[C@H]2c2cccc(Nc3nncs3)n2)cc1. The van der Waals surface area contributed by atoms with Crippen molar-refractivity contribution in [1.82, 2.24) is 20.1 Å². The van der Waals surface area contributed by atoms with E-state index >= 15 is 0 Å². The van der Waals surface area contributed by atoms with Gasteiger partial charge in [0.2, 0.25) is 11.0 Å². The van der Waals surface area contributed by atoms with E-state index in [2.05, 4.69) is 15.5 Å². The summed E-state index contributed by atoms with van der Waals surface area (Å²) >= 11 is 1.42. The van der Waals surface area contributed by atoms with Crippen molar-refractivity contribution in [2.45, 2.75) is 31.7 Å². The first-order valence-corrected chi connectivity index (χ1v) is 10.5. The van der Waals surface area contributed by atoms with E-state index in [4.69, 9.17) is 9.72 Å². The van der Waals surface area contributed by atoms with Gasteiger partial charge in [0.1, 0.15) is 17.1 Å². The number of amides is 1. The number of methoxy groups -OCH3 is 1. The van der Waals surface area contributed by atoms with Gasteiger partial charge in [-0.2, -0.15) is 0 Å². The fourth-order valence-electron chi connectivity index (χ4n) is 3.60. The molecule has 3 heterocycles. The molecule has 3 aromatic rings. The standard InChI is InChI=1S/C21H23N5O2S/c1-28-16-10-7-15(8-11-16)9-12-20(27)26-13-3-5-18(26)17-4-2-6-19(23-17)24-21-25-22-14-29-21/h2,4,6-8,10-11,14,18H,3,5,9,12-13H2,1H3,(H,23,24,25)/t18-/m0/s1. The first-order valence-electron chi connectivity index (χ1n) is 9.65. The largest absolute Gasteiger partial charge is 0.497 e. The molecule has 1 aliphatic heterocycles. The molecule has 0 saturated carbocycles. The number of anilines is 2. The molecule has 0 unspecified atom stereocenters. The number of rotatable bonds is 7. The summed E-state index contributed by atoms with van der Waals surface area (Å²) in [5.41, 5.74) is 3.72. The van der Waals surface area contributed by atoms with Crippen molar-refractivity contribution in [3.05, 3.63) is 59.2 Å². The van der Waals surface area contributed by atoms with Gasteiger partial charge in [-0.1, -0.05) is 29.5 Å². The summed E-state index contributed by atoms with van der Waals surface area (Å²) in [4.78, 5) is 19.6. The van der Waals surface area contributed by atoms with Crippen LogP contribution in [-0.2, 0) is 11.2 Å². The Morgan fingerprint density at radius 2 is 2.14 bits per heavy atom. The highest BCUT2D eigenvalue weighted by atomic mass is 32.1. The van der Waals surface area contributed by atoms with Crippen LogP contribution < -0.4 is 10.1 Å². The number of hydrogen-bond donors (Lipinski definition) is 1. The number of aryl methyl sites for hydroxylation is 1. The molecule has 0 bridgehead atoms. The molecule has 1 fully saturated rings. The van der Waals surface area contributed by atoms with Gasteiger partial charge in [0.05, 0.1) is 18.8 Å². The molecule has 7 nitrogen and oxygen atoms in total. The third kappa shape index (κ3) is 4.71. The van der Waals surface area contributed by atoms with Crippen LogP contribution in [0.3, 0.4) is 0 Å². The van der Waals surface area contributed by atoms with Crippen molar-refractivity contribution >= 4 is 28.2 Å². The smallest absolute Gasteiger partial charge is 0.223 e. The average Bonchev–Trinajstić information content (AvgIpc) is 3.45. The van der Waals surface area contributed by atoms with E-state index in [-0.39, 0.29) is 11.9 Å². The Kier molecular flexibility index (Phi) is 6.00. The number of nitrogens with one attached hydrogen (secondary N) is 1. The molecule has 1 atom stereocenters. The Balaban J connectivity index is 1.40. The number of ether oxygens (including phenoxy) is 1. The zero-order valence-electron chi connectivity index (χ0n) is 16.2. The van der Waals surface area contributed by atoms with E-state index in [0.717, 1.165) is 48.6 Å². The average molecular weight is 410 g/mol. The van der Waals surface area contributed by atoms with Gasteiger partial charge < -0.3 is 15.0 Å². The molecule has 29 heavy (non-hydrogen) atoms. The summed E-state index contributed by atoms with van der Waals surface area (Å²) in [6.45, 7) is 0.780. The molecule has 0 radical (unpaired) electrons.